The molecule has 0 radical (unpaired) electrons. The van der Waals surface area contributed by atoms with Crippen molar-refractivity contribution in [3.8, 4) is 0 Å². The van der Waals surface area contributed by atoms with Gasteiger partial charge < -0.3 is 9.64 Å². The van der Waals surface area contributed by atoms with Gasteiger partial charge in [-0.05, 0) is 45.2 Å². The molecule has 1 aliphatic rings. The van der Waals surface area contributed by atoms with Crippen LogP contribution in [0.3, 0.4) is 0 Å². The molecule has 0 saturated carbocycles. The number of carbonyl (C=O) groups is 1. The van der Waals surface area contributed by atoms with Gasteiger partial charge in [0.1, 0.15) is 5.82 Å². The highest BCUT2D eigenvalue weighted by Gasteiger charge is 2.27. The number of ether oxygens (including phenoxy) is 1. The van der Waals surface area contributed by atoms with Gasteiger partial charge in [-0.2, -0.15) is 0 Å². The normalized spacial score (nSPS) is 15.3. The highest BCUT2D eigenvalue weighted by molar-refractivity contribution is 5.95. The Bertz CT molecular complexity index is 796. The SMILES string of the molecule is COCc1cnc(C)nc1C1CCN(C(=O)c2ccc(C)cc2C)CC1. The zero-order chi connectivity index (χ0) is 18.7. The summed E-state index contributed by atoms with van der Waals surface area (Å²) >= 11 is 0. The van der Waals surface area contributed by atoms with E-state index < -0.39 is 0 Å². The number of likely N-dealkylation sites (tertiary alicyclic amines) is 1. The quantitative estimate of drug-likeness (QED) is 0.843. The first kappa shape index (κ1) is 18.5. The molecule has 0 aliphatic carbocycles. The van der Waals surface area contributed by atoms with Crippen LogP contribution in [-0.2, 0) is 11.3 Å². The van der Waals surface area contributed by atoms with Crippen molar-refractivity contribution >= 4 is 5.91 Å². The van der Waals surface area contributed by atoms with Crippen LogP contribution in [0, 0.1) is 20.8 Å². The summed E-state index contributed by atoms with van der Waals surface area (Å²) in [6, 6.07) is 6.03. The number of nitrogens with zero attached hydrogens (tertiary/aromatic N) is 3. The van der Waals surface area contributed by atoms with Crippen LogP contribution < -0.4 is 0 Å². The molecule has 0 N–H and O–H groups in total. The molecule has 1 aromatic heterocycles. The molecule has 1 saturated heterocycles. The standard InChI is InChI=1S/C21H27N3O2/c1-14-5-6-19(15(2)11-14)21(25)24-9-7-17(8-10-24)20-18(13-26-4)12-22-16(3)23-20/h5-6,11-12,17H,7-10,13H2,1-4H3. The molecule has 1 amide bonds. The number of piperidine rings is 1. The Morgan fingerprint density at radius 3 is 2.62 bits per heavy atom. The summed E-state index contributed by atoms with van der Waals surface area (Å²) in [5, 5.41) is 0. The van der Waals surface area contributed by atoms with Crippen LogP contribution in [0.2, 0.25) is 0 Å². The average molecular weight is 353 g/mol. The van der Waals surface area contributed by atoms with Gasteiger partial charge in [0.2, 0.25) is 0 Å². The van der Waals surface area contributed by atoms with Crippen molar-refractivity contribution in [2.45, 2.75) is 46.1 Å². The molecule has 0 bridgehead atoms. The number of benzene rings is 1. The lowest BCUT2D eigenvalue weighted by Gasteiger charge is -2.33. The molecule has 1 fully saturated rings. The predicted molar refractivity (Wildman–Crippen MR) is 101 cm³/mol. The number of hydrogen-bond donors (Lipinski definition) is 0. The maximum atomic E-state index is 12.9. The molecule has 138 valence electrons. The van der Waals surface area contributed by atoms with Gasteiger partial charge in [0, 0.05) is 43.4 Å². The maximum Gasteiger partial charge on any atom is 0.254 e. The average Bonchev–Trinajstić information content (AvgIpc) is 2.63. The van der Waals surface area contributed by atoms with Crippen LogP contribution in [0.15, 0.2) is 24.4 Å². The number of aryl methyl sites for hydroxylation is 3. The third kappa shape index (κ3) is 3.93. The van der Waals surface area contributed by atoms with E-state index in [4.69, 9.17) is 4.74 Å². The van der Waals surface area contributed by atoms with Crippen LogP contribution in [0.4, 0.5) is 0 Å². The highest BCUT2D eigenvalue weighted by Crippen LogP contribution is 2.30. The van der Waals surface area contributed by atoms with E-state index in [1.807, 2.05) is 44.0 Å². The Morgan fingerprint density at radius 2 is 1.96 bits per heavy atom. The van der Waals surface area contributed by atoms with E-state index in [1.165, 1.54) is 5.56 Å². The second kappa shape index (κ2) is 7.96. The van der Waals surface area contributed by atoms with E-state index >= 15 is 0 Å². The summed E-state index contributed by atoms with van der Waals surface area (Å²) in [6.45, 7) is 8.01. The lowest BCUT2D eigenvalue weighted by Crippen LogP contribution is -2.38. The Labute approximate surface area is 155 Å². The number of aromatic nitrogens is 2. The van der Waals surface area contributed by atoms with E-state index in [0.29, 0.717) is 12.5 Å². The minimum atomic E-state index is 0.136. The van der Waals surface area contributed by atoms with E-state index in [0.717, 1.165) is 54.1 Å². The fourth-order valence-corrected chi connectivity index (χ4v) is 3.71. The summed E-state index contributed by atoms with van der Waals surface area (Å²) in [5.41, 5.74) is 5.18. The summed E-state index contributed by atoms with van der Waals surface area (Å²) in [6.07, 6.45) is 3.71. The van der Waals surface area contributed by atoms with Gasteiger partial charge in [-0.25, -0.2) is 9.97 Å². The molecule has 0 spiro atoms. The third-order valence-electron chi connectivity index (χ3n) is 5.10. The van der Waals surface area contributed by atoms with Gasteiger partial charge in [-0.15, -0.1) is 0 Å². The summed E-state index contributed by atoms with van der Waals surface area (Å²) in [5.74, 6) is 1.27. The number of methoxy groups -OCH3 is 1. The van der Waals surface area contributed by atoms with Crippen molar-refractivity contribution in [1.29, 1.82) is 0 Å². The molecule has 5 heteroatoms. The second-order valence-electron chi connectivity index (χ2n) is 7.15. The van der Waals surface area contributed by atoms with Gasteiger partial charge in [0.05, 0.1) is 12.3 Å². The fraction of sp³-hybridized carbons (Fsp3) is 0.476. The van der Waals surface area contributed by atoms with Crippen molar-refractivity contribution in [1.82, 2.24) is 14.9 Å². The Morgan fingerprint density at radius 1 is 1.23 bits per heavy atom. The molecule has 2 aromatic rings. The Kier molecular flexibility index (Phi) is 5.67. The summed E-state index contributed by atoms with van der Waals surface area (Å²) < 4.78 is 5.29. The van der Waals surface area contributed by atoms with Crippen molar-refractivity contribution in [3.63, 3.8) is 0 Å². The predicted octanol–water partition coefficient (Wildman–Crippen LogP) is 3.57. The van der Waals surface area contributed by atoms with Crippen molar-refractivity contribution in [2.24, 2.45) is 0 Å². The zero-order valence-corrected chi connectivity index (χ0v) is 16.1. The molecule has 0 unspecified atom stereocenters. The van der Waals surface area contributed by atoms with Crippen LogP contribution in [-0.4, -0.2) is 41.0 Å². The van der Waals surface area contributed by atoms with Gasteiger partial charge >= 0.3 is 0 Å². The lowest BCUT2D eigenvalue weighted by molar-refractivity contribution is 0.0710. The first-order valence-corrected chi connectivity index (χ1v) is 9.17. The van der Waals surface area contributed by atoms with Crippen LogP contribution >= 0.6 is 0 Å². The fourth-order valence-electron chi connectivity index (χ4n) is 3.71. The molecule has 1 aromatic carbocycles. The molecule has 5 nitrogen and oxygen atoms in total. The first-order valence-electron chi connectivity index (χ1n) is 9.17. The van der Waals surface area contributed by atoms with Crippen LogP contribution in [0.1, 0.15) is 57.3 Å². The molecular formula is C21H27N3O2. The first-order chi connectivity index (χ1) is 12.5. The van der Waals surface area contributed by atoms with Gasteiger partial charge in [-0.3, -0.25) is 4.79 Å². The van der Waals surface area contributed by atoms with Crippen molar-refractivity contribution in [2.75, 3.05) is 20.2 Å². The molecule has 2 heterocycles. The molecule has 0 atom stereocenters. The molecular weight excluding hydrogens is 326 g/mol. The number of rotatable bonds is 4. The second-order valence-corrected chi connectivity index (χ2v) is 7.15. The Hall–Kier alpha value is -2.27. The number of carbonyl (C=O) groups excluding carboxylic acids is 1. The van der Waals surface area contributed by atoms with Crippen molar-refractivity contribution in [3.05, 3.63) is 58.2 Å². The van der Waals surface area contributed by atoms with Gasteiger partial charge in [0.15, 0.2) is 0 Å². The number of amides is 1. The minimum Gasteiger partial charge on any atom is -0.380 e. The van der Waals surface area contributed by atoms with Gasteiger partial charge in [0.25, 0.3) is 5.91 Å². The van der Waals surface area contributed by atoms with Crippen LogP contribution in [0.25, 0.3) is 0 Å². The van der Waals surface area contributed by atoms with E-state index in [1.54, 1.807) is 7.11 Å². The topological polar surface area (TPSA) is 55.3 Å². The summed E-state index contributed by atoms with van der Waals surface area (Å²) in [4.78, 5) is 23.8. The number of hydrogen-bond acceptors (Lipinski definition) is 4. The monoisotopic (exact) mass is 353 g/mol. The van der Waals surface area contributed by atoms with Gasteiger partial charge in [-0.1, -0.05) is 17.7 Å². The maximum absolute atomic E-state index is 12.9. The van der Waals surface area contributed by atoms with Crippen LogP contribution in [0.5, 0.6) is 0 Å². The third-order valence-corrected chi connectivity index (χ3v) is 5.10. The van der Waals surface area contributed by atoms with Crippen molar-refractivity contribution < 1.29 is 9.53 Å². The highest BCUT2D eigenvalue weighted by atomic mass is 16.5. The smallest absolute Gasteiger partial charge is 0.254 e. The lowest BCUT2D eigenvalue weighted by atomic mass is 9.90. The molecule has 1 aliphatic heterocycles. The Balaban J connectivity index is 1.71. The minimum absolute atomic E-state index is 0.136. The summed E-state index contributed by atoms with van der Waals surface area (Å²) in [7, 11) is 1.69. The largest absolute Gasteiger partial charge is 0.380 e. The zero-order valence-electron chi connectivity index (χ0n) is 16.1. The molecule has 3 rings (SSSR count). The molecule has 26 heavy (non-hydrogen) atoms. The van der Waals surface area contributed by atoms with E-state index in [2.05, 4.69) is 16.0 Å². The van der Waals surface area contributed by atoms with E-state index in [-0.39, 0.29) is 5.91 Å². The van der Waals surface area contributed by atoms with E-state index in [9.17, 15) is 4.79 Å².